The zero-order chi connectivity index (χ0) is 19.6. The SMILES string of the molecule is COc1ccc(NC(=O)C(N=C2NS(=O)(=O)c3ccccc32)C(C)C)cn1. The van der Waals surface area contributed by atoms with Crippen LogP contribution in [-0.2, 0) is 14.8 Å². The summed E-state index contributed by atoms with van der Waals surface area (Å²) in [5.74, 6) is 0.104. The molecule has 2 N–H and O–H groups in total. The Balaban J connectivity index is 1.88. The highest BCUT2D eigenvalue weighted by molar-refractivity contribution is 7.90. The molecule has 0 fully saturated rings. The first kappa shape index (κ1) is 18.8. The molecule has 1 aliphatic rings. The third kappa shape index (κ3) is 3.92. The number of benzene rings is 1. The van der Waals surface area contributed by atoms with Gasteiger partial charge >= 0.3 is 0 Å². The molecule has 0 saturated heterocycles. The predicted molar refractivity (Wildman–Crippen MR) is 101 cm³/mol. The molecular weight excluding hydrogens is 368 g/mol. The van der Waals surface area contributed by atoms with E-state index in [-0.39, 0.29) is 22.6 Å². The summed E-state index contributed by atoms with van der Waals surface area (Å²) >= 11 is 0. The lowest BCUT2D eigenvalue weighted by Crippen LogP contribution is -2.34. The van der Waals surface area contributed by atoms with Crippen LogP contribution in [0.3, 0.4) is 0 Å². The summed E-state index contributed by atoms with van der Waals surface area (Å²) in [6.45, 7) is 3.69. The van der Waals surface area contributed by atoms with Crippen molar-refractivity contribution in [3.05, 3.63) is 48.2 Å². The van der Waals surface area contributed by atoms with Crippen molar-refractivity contribution in [3.63, 3.8) is 0 Å². The Morgan fingerprint density at radius 1 is 1.22 bits per heavy atom. The third-order valence-corrected chi connectivity index (χ3v) is 5.44. The number of hydrogen-bond acceptors (Lipinski definition) is 6. The van der Waals surface area contributed by atoms with Crippen molar-refractivity contribution in [2.75, 3.05) is 12.4 Å². The van der Waals surface area contributed by atoms with Crippen LogP contribution in [-0.4, -0.2) is 38.3 Å². The minimum Gasteiger partial charge on any atom is -0.481 e. The number of carbonyl (C=O) groups excluding carboxylic acids is 1. The van der Waals surface area contributed by atoms with Gasteiger partial charge in [0, 0.05) is 11.6 Å². The first-order valence-corrected chi connectivity index (χ1v) is 9.81. The van der Waals surface area contributed by atoms with Crippen LogP contribution in [0.2, 0.25) is 0 Å². The lowest BCUT2D eigenvalue weighted by Gasteiger charge is -2.17. The first-order valence-electron chi connectivity index (χ1n) is 8.33. The second-order valence-electron chi connectivity index (χ2n) is 6.35. The number of aromatic nitrogens is 1. The number of carbonyl (C=O) groups is 1. The zero-order valence-corrected chi connectivity index (χ0v) is 15.9. The number of rotatable bonds is 5. The highest BCUT2D eigenvalue weighted by atomic mass is 32.2. The number of ether oxygens (including phenoxy) is 1. The Morgan fingerprint density at radius 3 is 2.59 bits per heavy atom. The molecular formula is C18H20N4O4S. The topological polar surface area (TPSA) is 110 Å². The molecule has 27 heavy (non-hydrogen) atoms. The summed E-state index contributed by atoms with van der Waals surface area (Å²) in [5.41, 5.74) is 0.959. The van der Waals surface area contributed by atoms with Crippen LogP contribution in [0.15, 0.2) is 52.5 Å². The van der Waals surface area contributed by atoms with Gasteiger partial charge in [0.2, 0.25) is 11.8 Å². The van der Waals surface area contributed by atoms with Gasteiger partial charge in [-0.3, -0.25) is 14.5 Å². The molecule has 2 heterocycles. The van der Waals surface area contributed by atoms with E-state index in [1.165, 1.54) is 19.4 Å². The van der Waals surface area contributed by atoms with Gasteiger partial charge in [-0.05, 0) is 24.1 Å². The van der Waals surface area contributed by atoms with E-state index in [0.29, 0.717) is 17.1 Å². The summed E-state index contributed by atoms with van der Waals surface area (Å²) < 4.78 is 31.9. The number of methoxy groups -OCH3 is 1. The van der Waals surface area contributed by atoms with E-state index in [9.17, 15) is 13.2 Å². The third-order valence-electron chi connectivity index (χ3n) is 4.04. The Kier molecular flexibility index (Phi) is 5.13. The summed E-state index contributed by atoms with van der Waals surface area (Å²) in [6, 6.07) is 9.06. The van der Waals surface area contributed by atoms with Crippen LogP contribution in [0.5, 0.6) is 5.88 Å². The number of hydrogen-bond donors (Lipinski definition) is 2. The van der Waals surface area contributed by atoms with Crippen LogP contribution < -0.4 is 14.8 Å². The van der Waals surface area contributed by atoms with Gasteiger partial charge in [0.25, 0.3) is 10.0 Å². The minimum atomic E-state index is -3.65. The summed E-state index contributed by atoms with van der Waals surface area (Å²) in [5, 5.41) is 2.75. The van der Waals surface area contributed by atoms with E-state index in [1.54, 1.807) is 30.3 Å². The number of fused-ring (bicyclic) bond motifs is 1. The van der Waals surface area contributed by atoms with Gasteiger partial charge in [0.1, 0.15) is 11.9 Å². The number of nitrogens with one attached hydrogen (secondary N) is 2. The van der Waals surface area contributed by atoms with Crippen LogP contribution in [0.4, 0.5) is 5.69 Å². The van der Waals surface area contributed by atoms with E-state index in [2.05, 4.69) is 20.0 Å². The fourth-order valence-electron chi connectivity index (χ4n) is 2.67. The molecule has 2 aromatic rings. The van der Waals surface area contributed by atoms with Crippen LogP contribution in [0.1, 0.15) is 19.4 Å². The smallest absolute Gasteiger partial charge is 0.263 e. The summed E-state index contributed by atoms with van der Waals surface area (Å²) in [4.78, 5) is 21.3. The summed E-state index contributed by atoms with van der Waals surface area (Å²) in [7, 11) is -2.15. The van der Waals surface area contributed by atoms with Gasteiger partial charge in [-0.2, -0.15) is 0 Å². The van der Waals surface area contributed by atoms with Crippen molar-refractivity contribution < 1.29 is 17.9 Å². The van der Waals surface area contributed by atoms with Crippen LogP contribution in [0, 0.1) is 5.92 Å². The predicted octanol–water partition coefficient (Wildman–Crippen LogP) is 1.79. The zero-order valence-electron chi connectivity index (χ0n) is 15.1. The van der Waals surface area contributed by atoms with E-state index in [0.717, 1.165) is 0 Å². The van der Waals surface area contributed by atoms with E-state index in [1.807, 2.05) is 13.8 Å². The molecule has 0 spiro atoms. The number of nitrogens with zero attached hydrogens (tertiary/aromatic N) is 2. The van der Waals surface area contributed by atoms with Crippen molar-refractivity contribution in [1.82, 2.24) is 9.71 Å². The average Bonchev–Trinajstić information content (AvgIpc) is 2.90. The van der Waals surface area contributed by atoms with E-state index in [4.69, 9.17) is 4.74 Å². The molecule has 1 unspecified atom stereocenters. The van der Waals surface area contributed by atoms with Crippen molar-refractivity contribution in [3.8, 4) is 5.88 Å². The molecule has 0 saturated carbocycles. The van der Waals surface area contributed by atoms with E-state index < -0.39 is 16.1 Å². The van der Waals surface area contributed by atoms with E-state index >= 15 is 0 Å². The molecule has 0 radical (unpaired) electrons. The second kappa shape index (κ2) is 7.36. The maximum atomic E-state index is 12.7. The Morgan fingerprint density at radius 2 is 1.96 bits per heavy atom. The van der Waals surface area contributed by atoms with Gasteiger partial charge in [0.05, 0.1) is 23.9 Å². The maximum Gasteiger partial charge on any atom is 0.263 e. The molecule has 1 aliphatic heterocycles. The minimum absolute atomic E-state index is 0.152. The second-order valence-corrected chi connectivity index (χ2v) is 8.00. The highest BCUT2D eigenvalue weighted by Gasteiger charge is 2.32. The van der Waals surface area contributed by atoms with Crippen molar-refractivity contribution in [2.24, 2.45) is 10.9 Å². The van der Waals surface area contributed by atoms with Crippen LogP contribution >= 0.6 is 0 Å². The normalized spacial score (nSPS) is 17.3. The van der Waals surface area contributed by atoms with Gasteiger partial charge in [-0.1, -0.05) is 26.0 Å². The number of amides is 1. The van der Waals surface area contributed by atoms with Crippen molar-refractivity contribution >= 4 is 27.5 Å². The van der Waals surface area contributed by atoms with Crippen molar-refractivity contribution in [2.45, 2.75) is 24.8 Å². The fraction of sp³-hybridized carbons (Fsp3) is 0.278. The van der Waals surface area contributed by atoms with Gasteiger partial charge in [0.15, 0.2) is 0 Å². The van der Waals surface area contributed by atoms with Crippen molar-refractivity contribution in [1.29, 1.82) is 0 Å². The number of sulfonamides is 1. The fourth-order valence-corrected chi connectivity index (χ4v) is 3.91. The number of amidine groups is 1. The number of anilines is 1. The largest absolute Gasteiger partial charge is 0.481 e. The highest BCUT2D eigenvalue weighted by Crippen LogP contribution is 2.24. The maximum absolute atomic E-state index is 12.7. The molecule has 0 aliphatic carbocycles. The number of pyridine rings is 1. The molecule has 1 aromatic carbocycles. The molecule has 0 bridgehead atoms. The quantitative estimate of drug-likeness (QED) is 0.811. The molecule has 9 heteroatoms. The lowest BCUT2D eigenvalue weighted by atomic mass is 10.0. The molecule has 8 nitrogen and oxygen atoms in total. The molecule has 1 aromatic heterocycles. The first-order chi connectivity index (χ1) is 12.8. The molecule has 142 valence electrons. The Bertz CT molecular complexity index is 985. The Labute approximate surface area is 157 Å². The molecule has 1 amide bonds. The average molecular weight is 388 g/mol. The van der Waals surface area contributed by atoms with Crippen LogP contribution in [0.25, 0.3) is 0 Å². The Hall–Kier alpha value is -2.94. The monoisotopic (exact) mass is 388 g/mol. The van der Waals surface area contributed by atoms with Gasteiger partial charge in [-0.25, -0.2) is 13.4 Å². The number of aliphatic imine (C=N–C) groups is 1. The molecule has 3 rings (SSSR count). The van der Waals surface area contributed by atoms with Gasteiger partial charge < -0.3 is 10.1 Å². The molecule has 1 atom stereocenters. The standard InChI is InChI=1S/C18H20N4O4S/c1-11(2)16(18(23)20-12-8-9-15(26-3)19-10-12)21-17-13-6-4-5-7-14(13)27(24,25)22-17/h4-11,16H,1-3H3,(H,20,23)(H,21,22). The lowest BCUT2D eigenvalue weighted by molar-refractivity contribution is -0.118. The summed E-state index contributed by atoms with van der Waals surface area (Å²) in [6.07, 6.45) is 1.48. The van der Waals surface area contributed by atoms with Gasteiger partial charge in [-0.15, -0.1) is 0 Å².